The first-order valence-electron chi connectivity index (χ1n) is 3.84. The van der Waals surface area contributed by atoms with Crippen LogP contribution in [0.25, 0.3) is 0 Å². The molecule has 1 aromatic rings. The molecule has 0 saturated carbocycles. The van der Waals surface area contributed by atoms with Crippen molar-refractivity contribution >= 4 is 23.8 Å². The van der Waals surface area contributed by atoms with Crippen molar-refractivity contribution in [3.63, 3.8) is 0 Å². The van der Waals surface area contributed by atoms with Crippen molar-refractivity contribution in [1.82, 2.24) is 0 Å². The van der Waals surface area contributed by atoms with Gasteiger partial charge in [0.15, 0.2) is 6.21 Å². The summed E-state index contributed by atoms with van der Waals surface area (Å²) >= 11 is 5.63. The van der Waals surface area contributed by atoms with Crippen molar-refractivity contribution < 1.29 is 14.6 Å². The molecule has 4 nitrogen and oxygen atoms in total. The highest BCUT2D eigenvalue weighted by Gasteiger charge is 2.02. The van der Waals surface area contributed by atoms with Crippen LogP contribution in [-0.2, 0) is 4.79 Å². The monoisotopic (exact) mass is 213 g/mol. The number of rotatable bonds is 3. The number of carbonyl (C=O) groups is 1. The van der Waals surface area contributed by atoms with Gasteiger partial charge in [-0.25, -0.2) is 4.79 Å². The second-order valence-corrected chi connectivity index (χ2v) is 3.09. The zero-order valence-electron chi connectivity index (χ0n) is 7.18. The maximum Gasteiger partial charge on any atom is 0.371 e. The van der Waals surface area contributed by atoms with Gasteiger partial charge in [-0.1, -0.05) is 11.6 Å². The van der Waals surface area contributed by atoms with Crippen molar-refractivity contribution in [3.05, 3.63) is 40.1 Å². The van der Waals surface area contributed by atoms with Crippen molar-refractivity contribution in [2.45, 2.75) is 0 Å². The third-order valence-electron chi connectivity index (χ3n) is 1.45. The number of aliphatic carboxylic acids is 1. The van der Waals surface area contributed by atoms with Crippen LogP contribution in [0.5, 0.6) is 0 Å². The highest BCUT2D eigenvalue weighted by Crippen LogP contribution is 2.07. The Labute approximate surface area is 85.6 Å². The van der Waals surface area contributed by atoms with E-state index in [1.54, 1.807) is 24.3 Å². The number of hydroxylamine groups is 1. The Morgan fingerprint density at radius 1 is 1.50 bits per heavy atom. The van der Waals surface area contributed by atoms with Crippen LogP contribution in [-0.4, -0.2) is 28.6 Å². The quantitative estimate of drug-likeness (QED) is 0.357. The molecule has 0 fully saturated rings. The zero-order valence-corrected chi connectivity index (χ0v) is 7.94. The highest BCUT2D eigenvalue weighted by molar-refractivity contribution is 6.30. The summed E-state index contributed by atoms with van der Waals surface area (Å²) in [6.07, 6.45) is 1.20. The molecule has 0 bridgehead atoms. The van der Waals surface area contributed by atoms with Gasteiger partial charge in [-0.05, 0) is 24.3 Å². The van der Waals surface area contributed by atoms with Gasteiger partial charge in [0.2, 0.25) is 6.54 Å². The maximum absolute atomic E-state index is 11.0. The fraction of sp³-hybridized carbons (Fsp3) is 0.111. The number of hydrogen-bond donors (Lipinski definition) is 1. The average molecular weight is 214 g/mol. The summed E-state index contributed by atoms with van der Waals surface area (Å²) in [6.45, 7) is -0.567. The van der Waals surface area contributed by atoms with Gasteiger partial charge in [-0.2, -0.15) is 4.74 Å². The van der Waals surface area contributed by atoms with E-state index in [1.165, 1.54) is 6.21 Å². The minimum absolute atomic E-state index is 0.353. The number of hydrogen-bond acceptors (Lipinski definition) is 2. The molecule has 0 aliphatic rings. The Hall–Kier alpha value is -1.55. The molecule has 0 aromatic heterocycles. The van der Waals surface area contributed by atoms with Crippen molar-refractivity contribution in [2.75, 3.05) is 6.54 Å². The Kier molecular flexibility index (Phi) is 3.48. The standard InChI is InChI=1S/C9H8ClNO3/c10-8-3-1-7(2-4-8)5-11(14)6-9(12)13/h1-5H,6H2,(H,12,13). The molecule has 0 heterocycles. The van der Waals surface area contributed by atoms with Crippen molar-refractivity contribution in [3.8, 4) is 0 Å². The summed E-state index contributed by atoms with van der Waals surface area (Å²) in [7, 11) is 0. The van der Waals surface area contributed by atoms with E-state index in [-0.39, 0.29) is 0 Å². The molecule has 0 amide bonds. The van der Waals surface area contributed by atoms with Crippen LogP contribution in [0.2, 0.25) is 5.02 Å². The molecular weight excluding hydrogens is 206 g/mol. The largest absolute Gasteiger partial charge is 0.623 e. The van der Waals surface area contributed by atoms with E-state index in [2.05, 4.69) is 0 Å². The van der Waals surface area contributed by atoms with E-state index in [0.29, 0.717) is 15.3 Å². The Bertz CT molecular complexity index is 359. The second-order valence-electron chi connectivity index (χ2n) is 2.65. The SMILES string of the molecule is O=C(O)C[N+]([O-])=Cc1ccc(Cl)cc1. The summed E-state index contributed by atoms with van der Waals surface area (Å²) in [5, 5.41) is 19.8. The van der Waals surface area contributed by atoms with Gasteiger partial charge in [0.25, 0.3) is 0 Å². The van der Waals surface area contributed by atoms with Gasteiger partial charge in [-0.3, -0.25) is 0 Å². The summed E-state index contributed by atoms with van der Waals surface area (Å²) in [5.41, 5.74) is 0.616. The molecule has 0 aliphatic carbocycles. The summed E-state index contributed by atoms with van der Waals surface area (Å²) < 4.78 is 0.353. The highest BCUT2D eigenvalue weighted by atomic mass is 35.5. The van der Waals surface area contributed by atoms with Crippen molar-refractivity contribution in [1.29, 1.82) is 0 Å². The molecular formula is C9H8ClNO3. The predicted molar refractivity (Wildman–Crippen MR) is 52.7 cm³/mol. The van der Waals surface area contributed by atoms with E-state index in [4.69, 9.17) is 16.7 Å². The number of carboxylic acids is 1. The normalized spacial score (nSPS) is 11.4. The lowest BCUT2D eigenvalue weighted by Gasteiger charge is -1.99. The molecule has 0 unspecified atom stereocenters. The second kappa shape index (κ2) is 4.62. The van der Waals surface area contributed by atoms with Crippen LogP contribution in [0.1, 0.15) is 5.56 Å². The Balaban J connectivity index is 2.76. The van der Waals surface area contributed by atoms with Crippen LogP contribution >= 0.6 is 11.6 Å². The van der Waals surface area contributed by atoms with Crippen LogP contribution < -0.4 is 0 Å². The van der Waals surface area contributed by atoms with E-state index in [0.717, 1.165) is 0 Å². The van der Waals surface area contributed by atoms with Crippen LogP contribution in [0.3, 0.4) is 0 Å². The molecule has 74 valence electrons. The third kappa shape index (κ3) is 3.45. The number of nitrogens with zero attached hydrogens (tertiary/aromatic N) is 1. The molecule has 1 aromatic carbocycles. The van der Waals surface area contributed by atoms with Crippen LogP contribution in [0.15, 0.2) is 24.3 Å². The van der Waals surface area contributed by atoms with Gasteiger partial charge in [-0.15, -0.1) is 0 Å². The Morgan fingerprint density at radius 3 is 2.57 bits per heavy atom. The molecule has 0 radical (unpaired) electrons. The van der Waals surface area contributed by atoms with Crippen LogP contribution in [0.4, 0.5) is 0 Å². The lowest BCUT2D eigenvalue weighted by molar-refractivity contribution is -0.442. The van der Waals surface area contributed by atoms with Crippen LogP contribution in [0, 0.1) is 5.21 Å². The van der Waals surface area contributed by atoms with E-state index < -0.39 is 12.5 Å². The van der Waals surface area contributed by atoms with Gasteiger partial charge < -0.3 is 10.3 Å². The molecule has 0 aliphatic heterocycles. The first kappa shape index (κ1) is 10.5. The predicted octanol–water partition coefficient (Wildman–Crippen LogP) is 1.35. The first-order chi connectivity index (χ1) is 6.58. The molecule has 0 atom stereocenters. The smallest absolute Gasteiger partial charge is 0.371 e. The number of carboxylic acid groups (broad SMARTS) is 1. The first-order valence-corrected chi connectivity index (χ1v) is 4.22. The van der Waals surface area contributed by atoms with E-state index in [1.807, 2.05) is 0 Å². The molecule has 1 rings (SSSR count). The number of benzene rings is 1. The van der Waals surface area contributed by atoms with Crippen molar-refractivity contribution in [2.24, 2.45) is 0 Å². The minimum atomic E-state index is -1.16. The lowest BCUT2D eigenvalue weighted by Crippen LogP contribution is -2.16. The average Bonchev–Trinajstić information content (AvgIpc) is 2.07. The van der Waals surface area contributed by atoms with Gasteiger partial charge >= 0.3 is 5.97 Å². The molecule has 14 heavy (non-hydrogen) atoms. The van der Waals surface area contributed by atoms with Gasteiger partial charge in [0.05, 0.1) is 0 Å². The fourth-order valence-corrected chi connectivity index (χ4v) is 1.02. The minimum Gasteiger partial charge on any atom is -0.623 e. The topological polar surface area (TPSA) is 63.4 Å². The fourth-order valence-electron chi connectivity index (χ4n) is 0.894. The summed E-state index contributed by atoms with van der Waals surface area (Å²) in [6, 6.07) is 6.52. The third-order valence-corrected chi connectivity index (χ3v) is 1.71. The van der Waals surface area contributed by atoms with E-state index in [9.17, 15) is 10.0 Å². The molecule has 1 N–H and O–H groups in total. The molecule has 0 spiro atoms. The Morgan fingerprint density at radius 2 is 2.07 bits per heavy atom. The van der Waals surface area contributed by atoms with E-state index >= 15 is 0 Å². The summed E-state index contributed by atoms with van der Waals surface area (Å²) in [4.78, 5) is 10.2. The zero-order chi connectivity index (χ0) is 10.6. The van der Waals surface area contributed by atoms with Gasteiger partial charge in [0, 0.05) is 10.6 Å². The lowest BCUT2D eigenvalue weighted by atomic mass is 10.2. The van der Waals surface area contributed by atoms with Gasteiger partial charge in [0.1, 0.15) is 0 Å². The maximum atomic E-state index is 11.0. The number of halogens is 1. The summed E-state index contributed by atoms with van der Waals surface area (Å²) in [5.74, 6) is -1.16. The molecule has 0 saturated heterocycles. The molecule has 5 heteroatoms.